The van der Waals surface area contributed by atoms with Gasteiger partial charge in [-0.3, -0.25) is 4.90 Å². The molecule has 1 heterocycles. The summed E-state index contributed by atoms with van der Waals surface area (Å²) in [6.45, 7) is 10.9. The van der Waals surface area contributed by atoms with Crippen molar-refractivity contribution in [1.82, 2.24) is 14.5 Å². The van der Waals surface area contributed by atoms with Gasteiger partial charge in [-0.1, -0.05) is 27.7 Å². The number of imidazole rings is 1. The molecule has 0 bridgehead atoms. The molecule has 1 saturated carbocycles. The van der Waals surface area contributed by atoms with E-state index in [1.165, 1.54) is 31.4 Å². The molecule has 1 aliphatic rings. The van der Waals surface area contributed by atoms with Crippen molar-refractivity contribution < 1.29 is 0 Å². The van der Waals surface area contributed by atoms with Crippen LogP contribution in [0.1, 0.15) is 71.2 Å². The van der Waals surface area contributed by atoms with Crippen LogP contribution in [0.15, 0.2) is 12.5 Å². The number of hydrogen-bond donors (Lipinski definition) is 1. The molecular weight excluding hydrogens is 260 g/mol. The highest BCUT2D eigenvalue weighted by atomic mass is 15.2. The summed E-state index contributed by atoms with van der Waals surface area (Å²) in [5.74, 6) is 0.650. The lowest BCUT2D eigenvalue weighted by molar-refractivity contribution is 0.108. The minimum atomic E-state index is 0.292. The molecule has 4 heteroatoms. The number of hydrogen-bond acceptors (Lipinski definition) is 3. The largest absolute Gasteiger partial charge is 0.330 e. The number of rotatable bonds is 9. The maximum atomic E-state index is 6.19. The van der Waals surface area contributed by atoms with Crippen LogP contribution < -0.4 is 5.73 Å². The predicted molar refractivity (Wildman–Crippen MR) is 88.2 cm³/mol. The van der Waals surface area contributed by atoms with Gasteiger partial charge in [0.15, 0.2) is 0 Å². The van der Waals surface area contributed by atoms with Gasteiger partial charge in [0, 0.05) is 31.4 Å². The number of nitrogens with two attached hydrogens (primary N) is 1. The maximum absolute atomic E-state index is 6.19. The van der Waals surface area contributed by atoms with E-state index in [0.717, 1.165) is 6.54 Å². The van der Waals surface area contributed by atoms with Crippen molar-refractivity contribution in [2.24, 2.45) is 11.7 Å². The van der Waals surface area contributed by atoms with E-state index in [9.17, 15) is 0 Å². The van der Waals surface area contributed by atoms with Crippen molar-refractivity contribution in [2.45, 2.75) is 71.5 Å². The molecule has 4 nitrogen and oxygen atoms in total. The maximum Gasteiger partial charge on any atom is 0.0951 e. The zero-order chi connectivity index (χ0) is 15.4. The first-order valence-electron chi connectivity index (χ1n) is 8.59. The standard InChI is InChI=1S/C17H32N4/c1-5-14(6-2)20(11-13(3)4)16(9-18)17-10-19-12-21(17)15-7-8-15/h10,12-16H,5-9,11,18H2,1-4H3. The summed E-state index contributed by atoms with van der Waals surface area (Å²) in [5.41, 5.74) is 7.51. The number of aromatic nitrogens is 2. The van der Waals surface area contributed by atoms with Gasteiger partial charge in [0.05, 0.1) is 18.1 Å². The molecule has 1 aromatic heterocycles. The van der Waals surface area contributed by atoms with Crippen LogP contribution >= 0.6 is 0 Å². The molecule has 2 N–H and O–H groups in total. The minimum Gasteiger partial charge on any atom is -0.330 e. The first kappa shape index (κ1) is 16.5. The Morgan fingerprint density at radius 2 is 2.00 bits per heavy atom. The van der Waals surface area contributed by atoms with E-state index in [4.69, 9.17) is 5.73 Å². The van der Waals surface area contributed by atoms with Gasteiger partial charge in [0.2, 0.25) is 0 Å². The van der Waals surface area contributed by atoms with Gasteiger partial charge in [-0.15, -0.1) is 0 Å². The molecule has 1 atom stereocenters. The Morgan fingerprint density at radius 3 is 2.48 bits per heavy atom. The van der Waals surface area contributed by atoms with E-state index in [2.05, 4.69) is 42.1 Å². The summed E-state index contributed by atoms with van der Waals surface area (Å²) in [7, 11) is 0. The van der Waals surface area contributed by atoms with Gasteiger partial charge in [0.1, 0.15) is 0 Å². The normalized spacial score (nSPS) is 17.1. The Labute approximate surface area is 129 Å². The van der Waals surface area contributed by atoms with Gasteiger partial charge in [-0.05, 0) is 31.6 Å². The molecule has 2 rings (SSSR count). The fourth-order valence-electron chi connectivity index (χ4n) is 3.37. The first-order chi connectivity index (χ1) is 10.1. The van der Waals surface area contributed by atoms with Gasteiger partial charge in [0.25, 0.3) is 0 Å². The smallest absolute Gasteiger partial charge is 0.0951 e. The fourth-order valence-corrected chi connectivity index (χ4v) is 3.37. The van der Waals surface area contributed by atoms with Crippen molar-refractivity contribution >= 4 is 0 Å². The van der Waals surface area contributed by atoms with Crippen LogP contribution in [0.5, 0.6) is 0 Å². The lowest BCUT2D eigenvalue weighted by atomic mass is 10.0. The molecule has 1 fully saturated rings. The van der Waals surface area contributed by atoms with Crippen LogP contribution in [-0.2, 0) is 0 Å². The second-order valence-electron chi connectivity index (χ2n) is 6.77. The van der Waals surface area contributed by atoms with Crippen LogP contribution in [0.3, 0.4) is 0 Å². The Hall–Kier alpha value is -0.870. The Morgan fingerprint density at radius 1 is 1.33 bits per heavy atom. The van der Waals surface area contributed by atoms with Gasteiger partial charge in [-0.25, -0.2) is 4.98 Å². The molecule has 0 amide bonds. The van der Waals surface area contributed by atoms with Gasteiger partial charge >= 0.3 is 0 Å². The quantitative estimate of drug-likeness (QED) is 0.759. The lowest BCUT2D eigenvalue weighted by Gasteiger charge is -2.38. The number of nitrogens with zero attached hydrogens (tertiary/aromatic N) is 3. The highest BCUT2D eigenvalue weighted by Gasteiger charge is 2.32. The summed E-state index contributed by atoms with van der Waals surface area (Å²) in [6, 6.07) is 1.56. The van der Waals surface area contributed by atoms with E-state index < -0.39 is 0 Å². The second-order valence-corrected chi connectivity index (χ2v) is 6.77. The Balaban J connectivity index is 2.26. The summed E-state index contributed by atoms with van der Waals surface area (Å²) < 4.78 is 2.37. The highest BCUT2D eigenvalue weighted by molar-refractivity contribution is 5.10. The van der Waals surface area contributed by atoms with Crippen LogP contribution in [-0.4, -0.2) is 33.6 Å². The summed E-state index contributed by atoms with van der Waals surface area (Å²) >= 11 is 0. The molecule has 1 aliphatic carbocycles. The van der Waals surface area contributed by atoms with E-state index in [1.807, 2.05) is 12.5 Å². The van der Waals surface area contributed by atoms with E-state index in [1.54, 1.807) is 0 Å². The molecule has 21 heavy (non-hydrogen) atoms. The third kappa shape index (κ3) is 3.86. The lowest BCUT2D eigenvalue weighted by Crippen LogP contribution is -2.43. The van der Waals surface area contributed by atoms with Crippen LogP contribution in [0, 0.1) is 5.92 Å². The summed E-state index contributed by atoms with van der Waals surface area (Å²) in [4.78, 5) is 7.03. The fraction of sp³-hybridized carbons (Fsp3) is 0.824. The van der Waals surface area contributed by atoms with Crippen LogP contribution in [0.4, 0.5) is 0 Å². The SMILES string of the molecule is CCC(CC)N(CC(C)C)C(CN)c1cncn1C1CC1. The summed E-state index contributed by atoms with van der Waals surface area (Å²) in [5, 5.41) is 0. The van der Waals surface area contributed by atoms with Crippen molar-refractivity contribution in [3.63, 3.8) is 0 Å². The molecule has 0 aromatic carbocycles. The molecule has 0 saturated heterocycles. The van der Waals surface area contributed by atoms with Crippen molar-refractivity contribution in [1.29, 1.82) is 0 Å². The Bertz CT molecular complexity index is 418. The van der Waals surface area contributed by atoms with Crippen molar-refractivity contribution in [3.05, 3.63) is 18.2 Å². The Kier molecular flexibility index (Phi) is 5.82. The first-order valence-corrected chi connectivity index (χ1v) is 8.59. The van der Waals surface area contributed by atoms with Crippen molar-refractivity contribution in [3.8, 4) is 0 Å². The third-order valence-corrected chi connectivity index (χ3v) is 4.59. The van der Waals surface area contributed by atoms with E-state index >= 15 is 0 Å². The van der Waals surface area contributed by atoms with E-state index in [-0.39, 0.29) is 0 Å². The van der Waals surface area contributed by atoms with Gasteiger partial charge < -0.3 is 10.3 Å². The average Bonchev–Trinajstić information content (AvgIpc) is 3.19. The van der Waals surface area contributed by atoms with Crippen molar-refractivity contribution in [2.75, 3.05) is 13.1 Å². The zero-order valence-corrected chi connectivity index (χ0v) is 14.1. The minimum absolute atomic E-state index is 0.292. The van der Waals surface area contributed by atoms with Gasteiger partial charge in [-0.2, -0.15) is 0 Å². The second kappa shape index (κ2) is 7.41. The van der Waals surface area contributed by atoms with Crippen LogP contribution in [0.2, 0.25) is 0 Å². The molecule has 0 spiro atoms. The zero-order valence-electron chi connectivity index (χ0n) is 14.1. The monoisotopic (exact) mass is 292 g/mol. The third-order valence-electron chi connectivity index (χ3n) is 4.59. The summed E-state index contributed by atoms with van der Waals surface area (Å²) in [6.07, 6.45) is 8.96. The highest BCUT2D eigenvalue weighted by Crippen LogP contribution is 2.38. The molecule has 1 unspecified atom stereocenters. The topological polar surface area (TPSA) is 47.1 Å². The molecule has 0 aliphatic heterocycles. The molecule has 0 radical (unpaired) electrons. The van der Waals surface area contributed by atoms with Crippen LogP contribution in [0.25, 0.3) is 0 Å². The van der Waals surface area contributed by atoms with E-state index in [0.29, 0.717) is 30.6 Å². The molecule has 1 aromatic rings. The average molecular weight is 292 g/mol. The predicted octanol–water partition coefficient (Wildman–Crippen LogP) is 3.36. The molecule has 120 valence electrons. The molecular formula is C17H32N4.